The number of hydrogen-bond donors (Lipinski definition) is 0. The lowest BCUT2D eigenvalue weighted by Crippen LogP contribution is -2.29. The predicted molar refractivity (Wildman–Crippen MR) is 70.4 cm³/mol. The molecular formula is C13H18O3S. The van der Waals surface area contributed by atoms with Gasteiger partial charge in [0.15, 0.2) is 0 Å². The third kappa shape index (κ3) is 3.97. The average molecular weight is 254 g/mol. The second-order valence-electron chi connectivity index (χ2n) is 4.14. The first-order valence-electron chi connectivity index (χ1n) is 5.35. The molecule has 94 valence electrons. The number of esters is 1. The van der Waals surface area contributed by atoms with Gasteiger partial charge in [0.2, 0.25) is 0 Å². The molecule has 0 atom stereocenters. The van der Waals surface area contributed by atoms with E-state index in [-0.39, 0.29) is 5.97 Å². The van der Waals surface area contributed by atoms with E-state index in [0.717, 1.165) is 17.1 Å². The SMILES string of the molecule is COC(=O)C(C)(C)SCc1ccc(OC)cc1. The molecule has 0 unspecified atom stereocenters. The molecule has 0 spiro atoms. The molecule has 0 aliphatic rings. The van der Waals surface area contributed by atoms with Gasteiger partial charge in [-0.1, -0.05) is 12.1 Å². The van der Waals surface area contributed by atoms with Crippen molar-refractivity contribution in [1.82, 2.24) is 0 Å². The molecule has 0 fully saturated rings. The Bertz CT molecular complexity index is 371. The van der Waals surface area contributed by atoms with E-state index >= 15 is 0 Å². The predicted octanol–water partition coefficient (Wildman–Crippen LogP) is 2.88. The van der Waals surface area contributed by atoms with E-state index < -0.39 is 4.75 Å². The van der Waals surface area contributed by atoms with Crippen LogP contribution in [0.4, 0.5) is 0 Å². The normalized spacial score (nSPS) is 11.1. The molecule has 0 aliphatic carbocycles. The van der Waals surface area contributed by atoms with Crippen LogP contribution in [0.2, 0.25) is 0 Å². The highest BCUT2D eigenvalue weighted by Crippen LogP contribution is 2.29. The Morgan fingerprint density at radius 3 is 2.29 bits per heavy atom. The molecule has 0 saturated carbocycles. The number of ether oxygens (including phenoxy) is 2. The minimum Gasteiger partial charge on any atom is -0.497 e. The van der Waals surface area contributed by atoms with Gasteiger partial charge in [-0.25, -0.2) is 0 Å². The lowest BCUT2D eigenvalue weighted by Gasteiger charge is -2.20. The summed E-state index contributed by atoms with van der Waals surface area (Å²) in [5, 5.41) is 0. The van der Waals surface area contributed by atoms with Gasteiger partial charge in [-0.2, -0.15) is 0 Å². The monoisotopic (exact) mass is 254 g/mol. The molecule has 0 saturated heterocycles. The van der Waals surface area contributed by atoms with E-state index in [2.05, 4.69) is 0 Å². The Labute approximate surface area is 106 Å². The summed E-state index contributed by atoms with van der Waals surface area (Å²) in [5.74, 6) is 1.41. The second-order valence-corrected chi connectivity index (χ2v) is 5.74. The number of hydrogen-bond acceptors (Lipinski definition) is 4. The smallest absolute Gasteiger partial charge is 0.321 e. The Kier molecular flexibility index (Phi) is 4.87. The van der Waals surface area contributed by atoms with Crippen LogP contribution in [0.5, 0.6) is 5.75 Å². The van der Waals surface area contributed by atoms with Crippen LogP contribution in [0.25, 0.3) is 0 Å². The zero-order valence-corrected chi connectivity index (χ0v) is 11.5. The number of carbonyl (C=O) groups is 1. The number of thioether (sulfide) groups is 1. The van der Waals surface area contributed by atoms with Crippen molar-refractivity contribution < 1.29 is 14.3 Å². The van der Waals surface area contributed by atoms with Gasteiger partial charge in [0, 0.05) is 5.75 Å². The van der Waals surface area contributed by atoms with Crippen molar-refractivity contribution in [2.45, 2.75) is 24.3 Å². The number of rotatable bonds is 5. The zero-order chi connectivity index (χ0) is 12.9. The molecule has 0 radical (unpaired) electrons. The Morgan fingerprint density at radius 1 is 1.24 bits per heavy atom. The van der Waals surface area contributed by atoms with Gasteiger partial charge in [0.25, 0.3) is 0 Å². The van der Waals surface area contributed by atoms with E-state index in [4.69, 9.17) is 9.47 Å². The molecule has 0 bridgehead atoms. The fourth-order valence-electron chi connectivity index (χ4n) is 1.29. The quantitative estimate of drug-likeness (QED) is 0.757. The molecule has 0 aromatic heterocycles. The van der Waals surface area contributed by atoms with Crippen LogP contribution in [-0.4, -0.2) is 24.9 Å². The summed E-state index contributed by atoms with van der Waals surface area (Å²) < 4.78 is 9.33. The third-order valence-corrected chi connectivity index (χ3v) is 3.80. The highest BCUT2D eigenvalue weighted by Gasteiger charge is 2.28. The van der Waals surface area contributed by atoms with E-state index in [9.17, 15) is 4.79 Å². The molecule has 0 amide bonds. The van der Waals surface area contributed by atoms with Crippen molar-refractivity contribution in [2.24, 2.45) is 0 Å². The van der Waals surface area contributed by atoms with E-state index in [1.165, 1.54) is 7.11 Å². The highest BCUT2D eigenvalue weighted by atomic mass is 32.2. The summed E-state index contributed by atoms with van der Waals surface area (Å²) >= 11 is 1.56. The van der Waals surface area contributed by atoms with E-state index in [1.807, 2.05) is 38.1 Å². The molecule has 1 aromatic rings. The van der Waals surface area contributed by atoms with Gasteiger partial charge < -0.3 is 9.47 Å². The number of benzene rings is 1. The minimum atomic E-state index is -0.519. The van der Waals surface area contributed by atoms with Crippen LogP contribution < -0.4 is 4.74 Å². The van der Waals surface area contributed by atoms with Gasteiger partial charge in [0.1, 0.15) is 10.5 Å². The Balaban J connectivity index is 2.57. The van der Waals surface area contributed by atoms with Crippen molar-refractivity contribution in [3.05, 3.63) is 29.8 Å². The van der Waals surface area contributed by atoms with Crippen LogP contribution in [0, 0.1) is 0 Å². The lowest BCUT2D eigenvalue weighted by atomic mass is 10.2. The van der Waals surface area contributed by atoms with Gasteiger partial charge >= 0.3 is 5.97 Å². The van der Waals surface area contributed by atoms with Gasteiger partial charge in [0.05, 0.1) is 14.2 Å². The van der Waals surface area contributed by atoms with Crippen LogP contribution in [0.1, 0.15) is 19.4 Å². The van der Waals surface area contributed by atoms with Crippen molar-refractivity contribution in [3.8, 4) is 5.75 Å². The third-order valence-electron chi connectivity index (χ3n) is 2.44. The largest absolute Gasteiger partial charge is 0.497 e. The summed E-state index contributed by atoms with van der Waals surface area (Å²) in [7, 11) is 3.06. The maximum atomic E-state index is 11.5. The molecule has 4 heteroatoms. The number of methoxy groups -OCH3 is 2. The van der Waals surface area contributed by atoms with Crippen molar-refractivity contribution >= 4 is 17.7 Å². The van der Waals surface area contributed by atoms with Gasteiger partial charge in [-0.3, -0.25) is 4.79 Å². The van der Waals surface area contributed by atoms with E-state index in [1.54, 1.807) is 18.9 Å². The van der Waals surface area contributed by atoms with Crippen molar-refractivity contribution in [1.29, 1.82) is 0 Å². The maximum absolute atomic E-state index is 11.5. The van der Waals surface area contributed by atoms with Crippen LogP contribution in [0.3, 0.4) is 0 Å². The highest BCUT2D eigenvalue weighted by molar-refractivity contribution is 8.00. The summed E-state index contributed by atoms with van der Waals surface area (Å²) in [5.41, 5.74) is 1.16. The van der Waals surface area contributed by atoms with Crippen molar-refractivity contribution in [3.63, 3.8) is 0 Å². The lowest BCUT2D eigenvalue weighted by molar-refractivity contribution is -0.142. The van der Waals surface area contributed by atoms with Crippen molar-refractivity contribution in [2.75, 3.05) is 14.2 Å². The second kappa shape index (κ2) is 5.96. The van der Waals surface area contributed by atoms with Crippen LogP contribution >= 0.6 is 11.8 Å². The summed E-state index contributed by atoms with van der Waals surface area (Å²) in [4.78, 5) is 11.5. The average Bonchev–Trinajstić information content (AvgIpc) is 2.36. The minimum absolute atomic E-state index is 0.198. The maximum Gasteiger partial charge on any atom is 0.321 e. The van der Waals surface area contributed by atoms with E-state index in [0.29, 0.717) is 0 Å². The molecular weight excluding hydrogens is 236 g/mol. The molecule has 0 aliphatic heterocycles. The summed E-state index contributed by atoms with van der Waals surface area (Å²) in [6.45, 7) is 3.74. The zero-order valence-electron chi connectivity index (χ0n) is 10.6. The molecule has 1 rings (SSSR count). The standard InChI is InChI=1S/C13H18O3S/c1-13(2,12(14)16-4)17-9-10-5-7-11(15-3)8-6-10/h5-8H,9H2,1-4H3. The topological polar surface area (TPSA) is 35.5 Å². The van der Waals surface area contributed by atoms with Gasteiger partial charge in [-0.05, 0) is 31.5 Å². The Morgan fingerprint density at radius 2 is 1.82 bits per heavy atom. The number of carbonyl (C=O) groups excluding carboxylic acids is 1. The summed E-state index contributed by atoms with van der Waals surface area (Å²) in [6, 6.07) is 7.83. The Hall–Kier alpha value is -1.16. The first-order valence-corrected chi connectivity index (χ1v) is 6.33. The molecule has 0 N–H and O–H groups in total. The van der Waals surface area contributed by atoms with Crippen LogP contribution in [0.15, 0.2) is 24.3 Å². The fraction of sp³-hybridized carbons (Fsp3) is 0.462. The molecule has 17 heavy (non-hydrogen) atoms. The first-order chi connectivity index (χ1) is 7.99. The molecule has 3 nitrogen and oxygen atoms in total. The first kappa shape index (κ1) is 13.9. The molecule has 1 aromatic carbocycles. The van der Waals surface area contributed by atoms with Gasteiger partial charge in [-0.15, -0.1) is 11.8 Å². The fourth-order valence-corrected chi connectivity index (χ4v) is 2.21. The summed E-state index contributed by atoms with van der Waals surface area (Å²) in [6.07, 6.45) is 0. The molecule has 0 heterocycles. The van der Waals surface area contributed by atoms with Crippen LogP contribution in [-0.2, 0) is 15.3 Å².